The third kappa shape index (κ3) is 4.02. The molecule has 2 aliphatic rings. The number of anilines is 1. The Kier molecular flexibility index (Phi) is 4.92. The molecule has 0 saturated heterocycles. The zero-order chi connectivity index (χ0) is 18.8. The standard InChI is InChI=1S/C22H25NO4/c1-25-21-8-4-7-20(23-22(24)26-2)19(21)13-27-16-6-3-5-15(11-16)18-12-17(18)14-9-10-14/h3-8,11,14,17-18H,9-10,12-13H2,1-2H3,(H,23,24). The number of ether oxygens (including phenoxy) is 3. The van der Waals surface area contributed by atoms with E-state index in [1.54, 1.807) is 13.2 Å². The van der Waals surface area contributed by atoms with Gasteiger partial charge in [-0.05, 0) is 66.8 Å². The molecule has 2 aromatic rings. The van der Waals surface area contributed by atoms with Gasteiger partial charge in [-0.2, -0.15) is 0 Å². The van der Waals surface area contributed by atoms with Gasteiger partial charge >= 0.3 is 6.09 Å². The second-order valence-corrected chi connectivity index (χ2v) is 7.31. The van der Waals surface area contributed by atoms with E-state index in [1.165, 1.54) is 31.9 Å². The Morgan fingerprint density at radius 3 is 2.70 bits per heavy atom. The van der Waals surface area contributed by atoms with E-state index in [9.17, 15) is 4.79 Å². The topological polar surface area (TPSA) is 56.8 Å². The molecular formula is C22H25NO4. The summed E-state index contributed by atoms with van der Waals surface area (Å²) in [7, 11) is 2.94. The van der Waals surface area contributed by atoms with Crippen LogP contribution in [0.5, 0.6) is 11.5 Å². The number of benzene rings is 2. The van der Waals surface area contributed by atoms with Crippen LogP contribution >= 0.6 is 0 Å². The van der Waals surface area contributed by atoms with E-state index in [0.29, 0.717) is 24.0 Å². The molecule has 0 radical (unpaired) electrons. The Morgan fingerprint density at radius 2 is 1.96 bits per heavy atom. The summed E-state index contributed by atoms with van der Waals surface area (Å²) in [6.07, 6.45) is 3.60. The van der Waals surface area contributed by atoms with Crippen LogP contribution in [0.15, 0.2) is 42.5 Å². The predicted octanol–water partition coefficient (Wildman–Crippen LogP) is 4.97. The van der Waals surface area contributed by atoms with Crippen molar-refractivity contribution in [1.82, 2.24) is 0 Å². The summed E-state index contributed by atoms with van der Waals surface area (Å²) < 4.78 is 16.2. The second kappa shape index (κ2) is 7.51. The van der Waals surface area contributed by atoms with Crippen LogP contribution in [0.3, 0.4) is 0 Å². The normalized spacial score (nSPS) is 20.7. The number of hydrogen-bond acceptors (Lipinski definition) is 4. The van der Waals surface area contributed by atoms with Crippen LogP contribution in [-0.2, 0) is 11.3 Å². The average molecular weight is 367 g/mol. The highest BCUT2D eigenvalue weighted by Gasteiger charge is 2.47. The first-order chi connectivity index (χ1) is 13.2. The lowest BCUT2D eigenvalue weighted by atomic mass is 10.1. The lowest BCUT2D eigenvalue weighted by Gasteiger charge is -2.15. The van der Waals surface area contributed by atoms with Crippen molar-refractivity contribution in [2.24, 2.45) is 11.8 Å². The van der Waals surface area contributed by atoms with Crippen molar-refractivity contribution in [3.8, 4) is 11.5 Å². The minimum Gasteiger partial charge on any atom is -0.496 e. The van der Waals surface area contributed by atoms with Crippen LogP contribution in [-0.4, -0.2) is 20.3 Å². The maximum atomic E-state index is 11.6. The molecule has 0 aliphatic heterocycles. The van der Waals surface area contributed by atoms with Gasteiger partial charge < -0.3 is 14.2 Å². The third-order valence-corrected chi connectivity index (χ3v) is 5.51. The molecule has 2 atom stereocenters. The molecule has 4 rings (SSSR count). The Bertz CT molecular complexity index is 831. The van der Waals surface area contributed by atoms with Crippen molar-refractivity contribution in [3.63, 3.8) is 0 Å². The summed E-state index contributed by atoms with van der Waals surface area (Å²) in [6.45, 7) is 0.295. The number of amides is 1. The molecule has 0 bridgehead atoms. The molecular weight excluding hydrogens is 342 g/mol. The number of hydrogen-bond donors (Lipinski definition) is 1. The SMILES string of the molecule is COC(=O)Nc1cccc(OC)c1COc1cccc(C2CC2C2CC2)c1. The Hall–Kier alpha value is -2.69. The molecule has 2 unspecified atom stereocenters. The molecule has 2 aromatic carbocycles. The number of methoxy groups -OCH3 is 2. The number of rotatable bonds is 7. The van der Waals surface area contributed by atoms with Crippen molar-refractivity contribution in [3.05, 3.63) is 53.6 Å². The van der Waals surface area contributed by atoms with Crippen LogP contribution in [0.1, 0.15) is 36.3 Å². The van der Waals surface area contributed by atoms with E-state index in [2.05, 4.69) is 23.5 Å². The summed E-state index contributed by atoms with van der Waals surface area (Å²) in [6, 6.07) is 13.9. The maximum absolute atomic E-state index is 11.6. The minimum atomic E-state index is -0.522. The van der Waals surface area contributed by atoms with Gasteiger partial charge in [0.1, 0.15) is 18.1 Å². The van der Waals surface area contributed by atoms with Gasteiger partial charge in [-0.25, -0.2) is 4.79 Å². The average Bonchev–Trinajstić information content (AvgIpc) is 3.58. The minimum absolute atomic E-state index is 0.295. The largest absolute Gasteiger partial charge is 0.496 e. The highest BCUT2D eigenvalue weighted by atomic mass is 16.5. The van der Waals surface area contributed by atoms with Crippen molar-refractivity contribution >= 4 is 11.8 Å². The highest BCUT2D eigenvalue weighted by Crippen LogP contribution is 2.59. The van der Waals surface area contributed by atoms with E-state index < -0.39 is 6.09 Å². The van der Waals surface area contributed by atoms with E-state index in [1.807, 2.05) is 18.2 Å². The number of carbonyl (C=O) groups excluding carboxylic acids is 1. The zero-order valence-corrected chi connectivity index (χ0v) is 15.7. The maximum Gasteiger partial charge on any atom is 0.411 e. The predicted molar refractivity (Wildman–Crippen MR) is 103 cm³/mol. The van der Waals surface area contributed by atoms with Crippen molar-refractivity contribution in [2.45, 2.75) is 31.8 Å². The van der Waals surface area contributed by atoms with Gasteiger partial charge in [-0.1, -0.05) is 18.2 Å². The molecule has 2 aliphatic carbocycles. The molecule has 142 valence electrons. The summed E-state index contributed by atoms with van der Waals surface area (Å²) >= 11 is 0. The lowest BCUT2D eigenvalue weighted by molar-refractivity contribution is 0.187. The summed E-state index contributed by atoms with van der Waals surface area (Å²) in [5, 5.41) is 2.71. The van der Waals surface area contributed by atoms with E-state index >= 15 is 0 Å². The van der Waals surface area contributed by atoms with Gasteiger partial charge in [-0.3, -0.25) is 5.32 Å². The number of carbonyl (C=O) groups is 1. The van der Waals surface area contributed by atoms with Crippen LogP contribution in [0, 0.1) is 11.8 Å². The van der Waals surface area contributed by atoms with Crippen molar-refractivity contribution in [2.75, 3.05) is 19.5 Å². The van der Waals surface area contributed by atoms with Crippen LogP contribution < -0.4 is 14.8 Å². The lowest BCUT2D eigenvalue weighted by Crippen LogP contribution is -2.13. The molecule has 0 aromatic heterocycles. The highest BCUT2D eigenvalue weighted by molar-refractivity contribution is 5.86. The van der Waals surface area contributed by atoms with E-state index in [-0.39, 0.29) is 0 Å². The number of nitrogens with one attached hydrogen (secondary N) is 1. The second-order valence-electron chi connectivity index (χ2n) is 7.31. The fourth-order valence-electron chi connectivity index (χ4n) is 3.82. The smallest absolute Gasteiger partial charge is 0.411 e. The van der Waals surface area contributed by atoms with Crippen LogP contribution in [0.4, 0.5) is 10.5 Å². The van der Waals surface area contributed by atoms with Crippen molar-refractivity contribution in [1.29, 1.82) is 0 Å². The fraction of sp³-hybridized carbons (Fsp3) is 0.409. The third-order valence-electron chi connectivity index (χ3n) is 5.51. The van der Waals surface area contributed by atoms with E-state index in [0.717, 1.165) is 23.1 Å². The molecule has 0 spiro atoms. The molecule has 27 heavy (non-hydrogen) atoms. The van der Waals surface area contributed by atoms with Crippen molar-refractivity contribution < 1.29 is 19.0 Å². The zero-order valence-electron chi connectivity index (χ0n) is 15.7. The molecule has 1 amide bonds. The molecule has 2 fully saturated rings. The summed E-state index contributed by atoms with van der Waals surface area (Å²) in [5.41, 5.74) is 2.77. The first kappa shape index (κ1) is 17.7. The van der Waals surface area contributed by atoms with Gasteiger partial charge in [0.15, 0.2) is 0 Å². The van der Waals surface area contributed by atoms with Gasteiger partial charge in [0, 0.05) is 0 Å². The Balaban J connectivity index is 1.47. The first-order valence-electron chi connectivity index (χ1n) is 9.43. The van der Waals surface area contributed by atoms with Gasteiger partial charge in [-0.15, -0.1) is 0 Å². The van der Waals surface area contributed by atoms with Gasteiger partial charge in [0.25, 0.3) is 0 Å². The van der Waals surface area contributed by atoms with Gasteiger partial charge in [0.05, 0.1) is 25.5 Å². The molecule has 2 saturated carbocycles. The summed E-state index contributed by atoms with van der Waals surface area (Å²) in [5.74, 6) is 4.04. The Labute approximate surface area is 159 Å². The first-order valence-corrected chi connectivity index (χ1v) is 9.43. The summed E-state index contributed by atoms with van der Waals surface area (Å²) in [4.78, 5) is 11.6. The molecule has 1 N–H and O–H groups in total. The van der Waals surface area contributed by atoms with Crippen LogP contribution in [0.25, 0.3) is 0 Å². The fourth-order valence-corrected chi connectivity index (χ4v) is 3.82. The van der Waals surface area contributed by atoms with E-state index in [4.69, 9.17) is 14.2 Å². The quantitative estimate of drug-likeness (QED) is 0.751. The Morgan fingerprint density at radius 1 is 1.15 bits per heavy atom. The van der Waals surface area contributed by atoms with Crippen LogP contribution in [0.2, 0.25) is 0 Å². The molecule has 0 heterocycles. The molecule has 5 heteroatoms. The molecule has 5 nitrogen and oxygen atoms in total. The van der Waals surface area contributed by atoms with Gasteiger partial charge in [0.2, 0.25) is 0 Å². The monoisotopic (exact) mass is 367 g/mol.